The van der Waals surface area contributed by atoms with Crippen molar-refractivity contribution in [1.29, 1.82) is 5.26 Å². The van der Waals surface area contributed by atoms with Crippen molar-refractivity contribution in [3.05, 3.63) is 23.8 Å². The Morgan fingerprint density at radius 1 is 1.47 bits per heavy atom. The third-order valence-electron chi connectivity index (χ3n) is 2.85. The Kier molecular flexibility index (Phi) is 3.29. The summed E-state index contributed by atoms with van der Waals surface area (Å²) in [5, 5.41) is 15.0. The first-order valence-electron chi connectivity index (χ1n) is 5.83. The van der Waals surface area contributed by atoms with Crippen LogP contribution >= 0.6 is 0 Å². The summed E-state index contributed by atoms with van der Waals surface area (Å²) in [6.07, 6.45) is 2.45. The number of anilines is 2. The van der Waals surface area contributed by atoms with Crippen LogP contribution in [0.4, 0.5) is 11.4 Å². The van der Waals surface area contributed by atoms with Gasteiger partial charge in [-0.15, -0.1) is 0 Å². The van der Waals surface area contributed by atoms with Crippen LogP contribution in [0.3, 0.4) is 0 Å². The molecule has 0 aromatic heterocycles. The van der Waals surface area contributed by atoms with Crippen molar-refractivity contribution in [2.24, 2.45) is 0 Å². The number of hydrogen-bond acceptors (Lipinski definition) is 3. The molecule has 1 aromatic carbocycles. The van der Waals surface area contributed by atoms with E-state index in [1.807, 2.05) is 0 Å². The zero-order valence-corrected chi connectivity index (χ0v) is 9.79. The predicted octanol–water partition coefficient (Wildman–Crippen LogP) is 2.48. The molecule has 0 fully saturated rings. The Bertz CT molecular complexity index is 476. The Balaban J connectivity index is 2.32. The molecular weight excluding hydrogens is 214 g/mol. The largest absolute Gasteiger partial charge is 0.380 e. The molecule has 1 aliphatic rings. The molecule has 0 bridgehead atoms. The van der Waals surface area contributed by atoms with Gasteiger partial charge in [0.25, 0.3) is 0 Å². The summed E-state index contributed by atoms with van der Waals surface area (Å²) in [6, 6.07) is 7.51. The van der Waals surface area contributed by atoms with E-state index < -0.39 is 0 Å². The smallest absolute Gasteiger partial charge is 0.226 e. The molecular formula is C13H15N3O. The molecule has 0 spiro atoms. The van der Waals surface area contributed by atoms with Crippen molar-refractivity contribution in [1.82, 2.24) is 0 Å². The summed E-state index contributed by atoms with van der Waals surface area (Å²) in [5.41, 5.74) is 2.20. The lowest BCUT2D eigenvalue weighted by Gasteiger charge is -2.15. The zero-order valence-electron chi connectivity index (χ0n) is 9.79. The second kappa shape index (κ2) is 4.88. The topological polar surface area (TPSA) is 64.9 Å². The van der Waals surface area contributed by atoms with Crippen LogP contribution in [0.25, 0.3) is 0 Å². The van der Waals surface area contributed by atoms with Gasteiger partial charge in [-0.2, -0.15) is 5.26 Å². The first-order chi connectivity index (χ1) is 8.22. The van der Waals surface area contributed by atoms with Crippen LogP contribution in [0, 0.1) is 11.3 Å². The highest BCUT2D eigenvalue weighted by Crippen LogP contribution is 2.28. The predicted molar refractivity (Wildman–Crippen MR) is 66.7 cm³/mol. The Morgan fingerprint density at radius 3 is 3.00 bits per heavy atom. The number of fused-ring (bicyclic) bond motifs is 1. The van der Waals surface area contributed by atoms with Gasteiger partial charge in [0.2, 0.25) is 5.91 Å². The lowest BCUT2D eigenvalue weighted by molar-refractivity contribution is -0.116. The van der Waals surface area contributed by atoms with Gasteiger partial charge < -0.3 is 10.6 Å². The average molecular weight is 229 g/mol. The van der Waals surface area contributed by atoms with Gasteiger partial charge in [0.15, 0.2) is 0 Å². The summed E-state index contributed by atoms with van der Waals surface area (Å²) < 4.78 is 0. The summed E-state index contributed by atoms with van der Waals surface area (Å²) in [6.45, 7) is 2.09. The summed E-state index contributed by atoms with van der Waals surface area (Å²) in [7, 11) is 0. The minimum absolute atomic E-state index is 0.0272. The number of benzene rings is 1. The van der Waals surface area contributed by atoms with E-state index in [-0.39, 0.29) is 11.9 Å². The number of amides is 1. The number of hydrogen-bond donors (Lipinski definition) is 2. The fourth-order valence-corrected chi connectivity index (χ4v) is 2.06. The average Bonchev–Trinajstić information content (AvgIpc) is 2.46. The number of nitriles is 1. The van der Waals surface area contributed by atoms with E-state index in [0.717, 1.165) is 24.2 Å². The number of nitrogens with zero attached hydrogens (tertiary/aromatic N) is 1. The van der Waals surface area contributed by atoms with Gasteiger partial charge >= 0.3 is 0 Å². The number of carbonyl (C=O) groups is 1. The van der Waals surface area contributed by atoms with Crippen molar-refractivity contribution in [2.75, 3.05) is 10.6 Å². The van der Waals surface area contributed by atoms with Gasteiger partial charge in [-0.25, -0.2) is 0 Å². The van der Waals surface area contributed by atoms with Crippen molar-refractivity contribution in [3.8, 4) is 6.07 Å². The van der Waals surface area contributed by atoms with Gasteiger partial charge in [-0.05, 0) is 24.6 Å². The second-order valence-corrected chi connectivity index (χ2v) is 4.25. The van der Waals surface area contributed by atoms with Crippen LogP contribution in [0.2, 0.25) is 0 Å². The molecule has 1 atom stereocenters. The maximum Gasteiger partial charge on any atom is 0.226 e. The highest BCUT2D eigenvalue weighted by molar-refractivity contribution is 5.96. The SMILES string of the molecule is CCCC1CC(=O)Nc2ccc(C#N)cc2N1. The van der Waals surface area contributed by atoms with E-state index in [0.29, 0.717) is 12.0 Å². The molecule has 1 unspecified atom stereocenters. The number of rotatable bonds is 2. The maximum atomic E-state index is 11.7. The highest BCUT2D eigenvalue weighted by atomic mass is 16.1. The van der Waals surface area contributed by atoms with E-state index in [9.17, 15) is 4.79 Å². The monoisotopic (exact) mass is 229 g/mol. The van der Waals surface area contributed by atoms with E-state index in [4.69, 9.17) is 5.26 Å². The first-order valence-corrected chi connectivity index (χ1v) is 5.83. The molecule has 0 aliphatic carbocycles. The number of carbonyl (C=O) groups excluding carboxylic acids is 1. The molecule has 1 aromatic rings. The normalized spacial score (nSPS) is 18.4. The third-order valence-corrected chi connectivity index (χ3v) is 2.85. The van der Waals surface area contributed by atoms with Crippen molar-refractivity contribution >= 4 is 17.3 Å². The lowest BCUT2D eigenvalue weighted by atomic mass is 10.1. The molecule has 2 rings (SSSR count). The first kappa shape index (κ1) is 11.5. The van der Waals surface area contributed by atoms with Crippen LogP contribution in [-0.4, -0.2) is 11.9 Å². The van der Waals surface area contributed by atoms with Crippen LogP contribution in [0.1, 0.15) is 31.7 Å². The molecule has 0 radical (unpaired) electrons. The van der Waals surface area contributed by atoms with Crippen LogP contribution in [0.5, 0.6) is 0 Å². The van der Waals surface area contributed by atoms with Gasteiger partial charge in [0.05, 0.1) is 23.0 Å². The fourth-order valence-electron chi connectivity index (χ4n) is 2.06. The molecule has 4 heteroatoms. The quantitative estimate of drug-likeness (QED) is 0.818. The Morgan fingerprint density at radius 2 is 2.29 bits per heavy atom. The van der Waals surface area contributed by atoms with Crippen LogP contribution < -0.4 is 10.6 Å². The zero-order chi connectivity index (χ0) is 12.3. The van der Waals surface area contributed by atoms with Crippen molar-refractivity contribution < 1.29 is 4.79 Å². The van der Waals surface area contributed by atoms with Gasteiger partial charge in [0.1, 0.15) is 0 Å². The summed E-state index contributed by atoms with van der Waals surface area (Å²) in [5.74, 6) is 0.0272. The van der Waals surface area contributed by atoms with Gasteiger partial charge in [-0.1, -0.05) is 13.3 Å². The van der Waals surface area contributed by atoms with E-state index in [2.05, 4.69) is 23.6 Å². The summed E-state index contributed by atoms with van der Waals surface area (Å²) >= 11 is 0. The molecule has 1 heterocycles. The van der Waals surface area contributed by atoms with Crippen LogP contribution in [-0.2, 0) is 4.79 Å². The molecule has 1 aliphatic heterocycles. The summed E-state index contributed by atoms with van der Waals surface area (Å²) in [4.78, 5) is 11.7. The molecule has 0 saturated heterocycles. The van der Waals surface area contributed by atoms with Crippen molar-refractivity contribution in [3.63, 3.8) is 0 Å². The van der Waals surface area contributed by atoms with Gasteiger partial charge in [-0.3, -0.25) is 4.79 Å². The minimum Gasteiger partial charge on any atom is -0.380 e. The molecule has 1 amide bonds. The van der Waals surface area contributed by atoms with Crippen LogP contribution in [0.15, 0.2) is 18.2 Å². The molecule has 4 nitrogen and oxygen atoms in total. The lowest BCUT2D eigenvalue weighted by Crippen LogP contribution is -2.22. The third kappa shape index (κ3) is 2.56. The van der Waals surface area contributed by atoms with E-state index in [1.165, 1.54) is 0 Å². The highest BCUT2D eigenvalue weighted by Gasteiger charge is 2.20. The molecule has 17 heavy (non-hydrogen) atoms. The van der Waals surface area contributed by atoms with Gasteiger partial charge in [0, 0.05) is 12.5 Å². The number of nitrogens with one attached hydrogen (secondary N) is 2. The molecule has 0 saturated carbocycles. The molecule has 2 N–H and O–H groups in total. The van der Waals surface area contributed by atoms with Crippen molar-refractivity contribution in [2.45, 2.75) is 32.2 Å². The maximum absolute atomic E-state index is 11.7. The Hall–Kier alpha value is -2.02. The molecule has 88 valence electrons. The van der Waals surface area contributed by atoms with E-state index >= 15 is 0 Å². The van der Waals surface area contributed by atoms with E-state index in [1.54, 1.807) is 18.2 Å². The second-order valence-electron chi connectivity index (χ2n) is 4.25. The standard InChI is InChI=1S/C13H15N3O/c1-2-3-10-7-13(17)16-11-5-4-9(8-14)6-12(11)15-10/h4-6,10,15H,2-3,7H2,1H3,(H,16,17). The minimum atomic E-state index is 0.0272. The fraction of sp³-hybridized carbons (Fsp3) is 0.385. The Labute approximate surface area is 101 Å².